The Bertz CT molecular complexity index is 905. The third-order valence-electron chi connectivity index (χ3n) is 4.48. The van der Waals surface area contributed by atoms with Crippen molar-refractivity contribution in [1.29, 1.82) is 0 Å². The first-order valence-electron chi connectivity index (χ1n) is 8.23. The van der Waals surface area contributed by atoms with E-state index in [0.29, 0.717) is 5.82 Å². The number of ether oxygens (including phenoxy) is 1. The van der Waals surface area contributed by atoms with E-state index in [0.717, 1.165) is 47.4 Å². The fourth-order valence-electron chi connectivity index (χ4n) is 3.03. The van der Waals surface area contributed by atoms with Crippen LogP contribution in [0, 0.1) is 5.92 Å². The Hall–Kier alpha value is -2.76. The number of amides is 1. The van der Waals surface area contributed by atoms with Crippen LogP contribution >= 0.6 is 0 Å². The first-order valence-corrected chi connectivity index (χ1v) is 8.23. The van der Waals surface area contributed by atoms with Crippen LogP contribution in [0.25, 0.3) is 22.3 Å². The zero-order valence-electron chi connectivity index (χ0n) is 13.8. The summed E-state index contributed by atoms with van der Waals surface area (Å²) in [5, 5.41) is 11.2. The minimum atomic E-state index is 0.0637. The number of methoxy groups -OCH3 is 1. The van der Waals surface area contributed by atoms with Crippen LogP contribution in [0.15, 0.2) is 30.3 Å². The van der Waals surface area contributed by atoms with Crippen LogP contribution in [0.4, 0.5) is 5.82 Å². The van der Waals surface area contributed by atoms with Gasteiger partial charge in [-0.05, 0) is 44.0 Å². The second-order valence-corrected chi connectivity index (χ2v) is 6.13. The number of carbonyl (C=O) groups excluding carboxylic acids is 1. The van der Waals surface area contributed by atoms with Crippen molar-refractivity contribution in [2.24, 2.45) is 5.92 Å². The predicted molar refractivity (Wildman–Crippen MR) is 93.1 cm³/mol. The van der Waals surface area contributed by atoms with Crippen LogP contribution in [0.2, 0.25) is 0 Å². The molecule has 2 aromatic heterocycles. The molecule has 6 heteroatoms. The molecule has 0 bridgehead atoms. The Balaban J connectivity index is 1.70. The molecule has 0 saturated heterocycles. The Kier molecular flexibility index (Phi) is 3.52. The molecule has 3 aromatic rings. The highest BCUT2D eigenvalue weighted by Gasteiger charge is 2.30. The fourth-order valence-corrected chi connectivity index (χ4v) is 3.03. The summed E-state index contributed by atoms with van der Waals surface area (Å²) in [5.74, 6) is 1.64. The summed E-state index contributed by atoms with van der Waals surface area (Å²) in [7, 11) is 1.67. The molecule has 0 atom stereocenters. The molecule has 0 radical (unpaired) electrons. The summed E-state index contributed by atoms with van der Waals surface area (Å²) in [6, 6.07) is 10.1. The predicted octanol–water partition coefficient (Wildman–Crippen LogP) is 3.41. The van der Waals surface area contributed by atoms with E-state index in [1.165, 1.54) is 0 Å². The molecular weight excluding hydrogens is 304 g/mol. The number of anilines is 1. The van der Waals surface area contributed by atoms with Gasteiger partial charge in [-0.25, -0.2) is 0 Å². The highest BCUT2D eigenvalue weighted by atomic mass is 16.5. The lowest BCUT2D eigenvalue weighted by molar-refractivity contribution is -0.117. The topological polar surface area (TPSA) is 71.9 Å². The quantitative estimate of drug-likeness (QED) is 0.755. The zero-order chi connectivity index (χ0) is 16.7. The van der Waals surface area contributed by atoms with E-state index in [4.69, 9.17) is 4.74 Å². The van der Waals surface area contributed by atoms with Crippen LogP contribution in [-0.2, 0) is 11.3 Å². The first-order chi connectivity index (χ1) is 11.7. The molecule has 124 valence electrons. The molecule has 0 aliphatic heterocycles. The Morgan fingerprint density at radius 2 is 2.21 bits per heavy atom. The van der Waals surface area contributed by atoms with Gasteiger partial charge in [0.25, 0.3) is 0 Å². The van der Waals surface area contributed by atoms with E-state index in [9.17, 15) is 4.79 Å². The zero-order valence-corrected chi connectivity index (χ0v) is 13.8. The van der Waals surface area contributed by atoms with Crippen LogP contribution in [-0.4, -0.2) is 27.8 Å². The van der Waals surface area contributed by atoms with Crippen molar-refractivity contribution in [3.63, 3.8) is 0 Å². The van der Waals surface area contributed by atoms with Gasteiger partial charge in [-0.2, -0.15) is 5.10 Å². The molecule has 1 aliphatic carbocycles. The summed E-state index contributed by atoms with van der Waals surface area (Å²) in [6.45, 7) is 2.95. The van der Waals surface area contributed by atoms with Gasteiger partial charge in [0.15, 0.2) is 5.82 Å². The maximum Gasteiger partial charge on any atom is 0.228 e. The van der Waals surface area contributed by atoms with E-state index in [1.54, 1.807) is 7.11 Å². The summed E-state index contributed by atoms with van der Waals surface area (Å²) < 4.78 is 7.53. The third kappa shape index (κ3) is 2.54. The average Bonchev–Trinajstić information content (AvgIpc) is 3.25. The van der Waals surface area contributed by atoms with Crippen LogP contribution in [0.5, 0.6) is 5.75 Å². The number of carbonyl (C=O) groups is 1. The first kappa shape index (κ1) is 14.8. The highest BCUT2D eigenvalue weighted by molar-refractivity contribution is 5.94. The van der Waals surface area contributed by atoms with E-state index in [1.807, 2.05) is 18.2 Å². The lowest BCUT2D eigenvalue weighted by atomic mass is 10.2. The third-order valence-corrected chi connectivity index (χ3v) is 4.48. The molecule has 4 rings (SSSR count). The van der Waals surface area contributed by atoms with Crippen LogP contribution < -0.4 is 10.1 Å². The van der Waals surface area contributed by atoms with Crippen molar-refractivity contribution in [1.82, 2.24) is 14.8 Å². The molecule has 0 spiro atoms. The standard InChI is InChI=1S/C18H20N4O2/c1-3-22-15-7-6-13(24-2)8-12(15)9-16(22)14-10-17(21-20-14)19-18(23)11-4-5-11/h6-11H,3-5H2,1-2H3,(H2,19,20,21,23). The number of fused-ring (bicyclic) bond motifs is 1. The van der Waals surface area contributed by atoms with Gasteiger partial charge in [-0.15, -0.1) is 0 Å². The summed E-state index contributed by atoms with van der Waals surface area (Å²) in [6.07, 6.45) is 1.96. The molecule has 1 fully saturated rings. The largest absolute Gasteiger partial charge is 0.497 e. The lowest BCUT2D eigenvalue weighted by Crippen LogP contribution is -2.13. The number of aromatic nitrogens is 3. The van der Waals surface area contributed by atoms with Crippen molar-refractivity contribution in [2.75, 3.05) is 12.4 Å². The smallest absolute Gasteiger partial charge is 0.228 e. The number of aryl methyl sites for hydroxylation is 1. The van der Waals surface area contributed by atoms with Gasteiger partial charge >= 0.3 is 0 Å². The van der Waals surface area contributed by atoms with Gasteiger partial charge in [-0.1, -0.05) is 0 Å². The number of nitrogens with zero attached hydrogens (tertiary/aromatic N) is 2. The van der Waals surface area contributed by atoms with E-state index < -0.39 is 0 Å². The van der Waals surface area contributed by atoms with Crippen molar-refractivity contribution in [3.05, 3.63) is 30.3 Å². The van der Waals surface area contributed by atoms with Gasteiger partial charge < -0.3 is 14.6 Å². The average molecular weight is 324 g/mol. The number of H-pyrrole nitrogens is 1. The molecular formula is C18H20N4O2. The number of rotatable bonds is 5. The molecule has 6 nitrogen and oxygen atoms in total. The summed E-state index contributed by atoms with van der Waals surface area (Å²) in [4.78, 5) is 11.9. The van der Waals surface area contributed by atoms with Crippen LogP contribution in [0.3, 0.4) is 0 Å². The summed E-state index contributed by atoms with van der Waals surface area (Å²) >= 11 is 0. The SMILES string of the molecule is CCn1c(-c2cc(NC(=O)C3CC3)n[nH]2)cc2cc(OC)ccc21. The molecule has 1 saturated carbocycles. The minimum absolute atomic E-state index is 0.0637. The molecule has 1 amide bonds. The highest BCUT2D eigenvalue weighted by Crippen LogP contribution is 2.32. The molecule has 2 N–H and O–H groups in total. The second-order valence-electron chi connectivity index (χ2n) is 6.13. The molecule has 0 unspecified atom stereocenters. The number of nitrogens with one attached hydrogen (secondary N) is 2. The number of aromatic amines is 1. The van der Waals surface area contributed by atoms with Crippen molar-refractivity contribution in [3.8, 4) is 17.1 Å². The molecule has 24 heavy (non-hydrogen) atoms. The number of hydrogen-bond donors (Lipinski definition) is 2. The van der Waals surface area contributed by atoms with Gasteiger partial charge in [0.2, 0.25) is 5.91 Å². The minimum Gasteiger partial charge on any atom is -0.497 e. The lowest BCUT2D eigenvalue weighted by Gasteiger charge is -2.06. The summed E-state index contributed by atoms with van der Waals surface area (Å²) in [5.41, 5.74) is 3.07. The van der Waals surface area contributed by atoms with Crippen molar-refractivity contribution >= 4 is 22.6 Å². The van der Waals surface area contributed by atoms with E-state index in [-0.39, 0.29) is 11.8 Å². The molecule has 2 heterocycles. The monoisotopic (exact) mass is 324 g/mol. The van der Waals surface area contributed by atoms with Gasteiger partial charge in [0.05, 0.1) is 18.5 Å². The maximum atomic E-state index is 11.9. The fraction of sp³-hybridized carbons (Fsp3) is 0.333. The molecule has 1 aromatic carbocycles. The number of hydrogen-bond acceptors (Lipinski definition) is 3. The Morgan fingerprint density at radius 1 is 1.38 bits per heavy atom. The van der Waals surface area contributed by atoms with E-state index >= 15 is 0 Å². The van der Waals surface area contributed by atoms with Crippen molar-refractivity contribution < 1.29 is 9.53 Å². The van der Waals surface area contributed by atoms with Crippen LogP contribution in [0.1, 0.15) is 19.8 Å². The maximum absolute atomic E-state index is 11.9. The van der Waals surface area contributed by atoms with Gasteiger partial charge in [0, 0.05) is 29.4 Å². The second kappa shape index (κ2) is 5.70. The van der Waals surface area contributed by atoms with E-state index in [2.05, 4.69) is 39.1 Å². The molecule has 1 aliphatic rings. The van der Waals surface area contributed by atoms with Crippen molar-refractivity contribution in [2.45, 2.75) is 26.3 Å². The Labute approximate surface area is 139 Å². The normalized spacial score (nSPS) is 14.1. The number of benzene rings is 1. The van der Waals surface area contributed by atoms with Gasteiger partial charge in [0.1, 0.15) is 5.75 Å². The Morgan fingerprint density at radius 3 is 2.92 bits per heavy atom. The van der Waals surface area contributed by atoms with Gasteiger partial charge in [-0.3, -0.25) is 9.89 Å².